The number of halogens is 3. The summed E-state index contributed by atoms with van der Waals surface area (Å²) in [7, 11) is 0. The monoisotopic (exact) mass is 277 g/mol. The lowest BCUT2D eigenvalue weighted by Crippen LogP contribution is -2.01. The Labute approximate surface area is 114 Å². The largest absolute Gasteiger partial charge is 0.343 e. The molecule has 0 bridgehead atoms. The van der Waals surface area contributed by atoms with Gasteiger partial charge in [-0.1, -0.05) is 17.7 Å². The Hall–Kier alpha value is -1.87. The molecule has 0 saturated carbocycles. The molecule has 0 aliphatic carbocycles. The summed E-state index contributed by atoms with van der Waals surface area (Å²) in [5.74, 6) is -0.851. The standard InChI is InChI=1S/C15H10ClF2N/c16-12-2-1-10-5-6-19(15(10)8-12)9-11-7-13(17)3-4-14(11)18/h1-8H,9H2. The van der Waals surface area contributed by atoms with E-state index in [1.54, 1.807) is 6.07 Å². The van der Waals surface area contributed by atoms with E-state index in [4.69, 9.17) is 11.6 Å². The minimum Gasteiger partial charge on any atom is -0.343 e. The summed E-state index contributed by atoms with van der Waals surface area (Å²) in [5.41, 5.74) is 1.22. The molecular weight excluding hydrogens is 268 g/mol. The molecule has 1 aromatic heterocycles. The van der Waals surface area contributed by atoms with Gasteiger partial charge in [0, 0.05) is 22.3 Å². The van der Waals surface area contributed by atoms with Gasteiger partial charge in [-0.25, -0.2) is 8.78 Å². The Bertz CT molecular complexity index is 749. The molecule has 0 aliphatic rings. The lowest BCUT2D eigenvalue weighted by molar-refractivity contribution is 0.579. The van der Waals surface area contributed by atoms with E-state index in [-0.39, 0.29) is 6.54 Å². The molecule has 3 aromatic rings. The van der Waals surface area contributed by atoms with Crippen molar-refractivity contribution in [1.82, 2.24) is 4.57 Å². The second-order valence-corrected chi connectivity index (χ2v) is 4.82. The van der Waals surface area contributed by atoms with Crippen LogP contribution >= 0.6 is 11.6 Å². The third-order valence-electron chi connectivity index (χ3n) is 3.08. The molecule has 1 nitrogen and oxygen atoms in total. The Balaban J connectivity index is 2.05. The fourth-order valence-electron chi connectivity index (χ4n) is 2.14. The first-order chi connectivity index (χ1) is 9.13. The van der Waals surface area contributed by atoms with E-state index in [2.05, 4.69) is 0 Å². The third kappa shape index (κ3) is 2.34. The predicted molar refractivity (Wildman–Crippen MR) is 72.4 cm³/mol. The van der Waals surface area contributed by atoms with Gasteiger partial charge in [0.1, 0.15) is 11.6 Å². The molecule has 96 valence electrons. The summed E-state index contributed by atoms with van der Waals surface area (Å²) in [4.78, 5) is 0. The fraction of sp³-hybridized carbons (Fsp3) is 0.0667. The summed E-state index contributed by atoms with van der Waals surface area (Å²) in [6.45, 7) is 0.271. The summed E-state index contributed by atoms with van der Waals surface area (Å²) in [6, 6.07) is 10.9. The van der Waals surface area contributed by atoms with Gasteiger partial charge in [-0.2, -0.15) is 0 Å². The van der Waals surface area contributed by atoms with E-state index in [9.17, 15) is 8.78 Å². The number of benzene rings is 2. The van der Waals surface area contributed by atoms with Crippen LogP contribution in [0.3, 0.4) is 0 Å². The van der Waals surface area contributed by atoms with E-state index >= 15 is 0 Å². The van der Waals surface area contributed by atoms with Gasteiger partial charge in [-0.15, -0.1) is 0 Å². The summed E-state index contributed by atoms with van der Waals surface area (Å²) < 4.78 is 28.6. The number of rotatable bonds is 2. The van der Waals surface area contributed by atoms with Crippen molar-refractivity contribution in [3.05, 3.63) is 70.9 Å². The molecule has 2 aromatic carbocycles. The first-order valence-corrected chi connectivity index (χ1v) is 6.19. The summed E-state index contributed by atoms with van der Waals surface area (Å²) in [5, 5.41) is 1.63. The van der Waals surface area contributed by atoms with Crippen LogP contribution in [-0.2, 0) is 6.54 Å². The number of hydrogen-bond acceptors (Lipinski definition) is 0. The van der Waals surface area contributed by atoms with Crippen molar-refractivity contribution < 1.29 is 8.78 Å². The van der Waals surface area contributed by atoms with Gasteiger partial charge >= 0.3 is 0 Å². The Morgan fingerprint density at radius 2 is 1.84 bits per heavy atom. The van der Waals surface area contributed by atoms with Gasteiger partial charge in [0.15, 0.2) is 0 Å². The number of hydrogen-bond donors (Lipinski definition) is 0. The summed E-state index contributed by atoms with van der Waals surface area (Å²) >= 11 is 5.96. The molecule has 0 radical (unpaired) electrons. The number of fused-ring (bicyclic) bond motifs is 1. The highest BCUT2D eigenvalue weighted by atomic mass is 35.5. The molecule has 3 rings (SSSR count). The first-order valence-electron chi connectivity index (χ1n) is 5.82. The molecular formula is C15H10ClF2N. The van der Waals surface area contributed by atoms with Crippen molar-refractivity contribution in [3.8, 4) is 0 Å². The number of aromatic nitrogens is 1. The topological polar surface area (TPSA) is 4.93 Å². The normalized spacial score (nSPS) is 11.1. The van der Waals surface area contributed by atoms with Gasteiger partial charge in [0.2, 0.25) is 0 Å². The highest BCUT2D eigenvalue weighted by Crippen LogP contribution is 2.22. The highest BCUT2D eigenvalue weighted by Gasteiger charge is 2.07. The van der Waals surface area contributed by atoms with Crippen LogP contribution in [0.2, 0.25) is 5.02 Å². The van der Waals surface area contributed by atoms with Crippen molar-refractivity contribution in [2.45, 2.75) is 6.54 Å². The second-order valence-electron chi connectivity index (χ2n) is 4.38. The van der Waals surface area contributed by atoms with E-state index in [0.29, 0.717) is 10.6 Å². The number of nitrogens with zero attached hydrogens (tertiary/aromatic N) is 1. The molecule has 0 unspecified atom stereocenters. The van der Waals surface area contributed by atoms with E-state index in [1.165, 1.54) is 6.07 Å². The highest BCUT2D eigenvalue weighted by molar-refractivity contribution is 6.31. The van der Waals surface area contributed by atoms with Crippen LogP contribution in [-0.4, -0.2) is 4.57 Å². The van der Waals surface area contributed by atoms with Crippen molar-refractivity contribution in [2.24, 2.45) is 0 Å². The van der Waals surface area contributed by atoms with Gasteiger partial charge < -0.3 is 4.57 Å². The van der Waals surface area contributed by atoms with Gasteiger partial charge in [-0.05, 0) is 41.8 Å². The lowest BCUT2D eigenvalue weighted by Gasteiger charge is -2.07. The Morgan fingerprint density at radius 3 is 2.68 bits per heavy atom. The van der Waals surface area contributed by atoms with Crippen LogP contribution in [0.1, 0.15) is 5.56 Å². The molecule has 0 atom stereocenters. The zero-order valence-corrected chi connectivity index (χ0v) is 10.7. The zero-order chi connectivity index (χ0) is 13.4. The van der Waals surface area contributed by atoms with Crippen LogP contribution in [0, 0.1) is 11.6 Å². The molecule has 0 fully saturated rings. The zero-order valence-electron chi connectivity index (χ0n) is 9.91. The maximum absolute atomic E-state index is 13.6. The SMILES string of the molecule is Fc1ccc(F)c(Cn2ccc3ccc(Cl)cc32)c1. The molecule has 0 amide bonds. The summed E-state index contributed by atoms with van der Waals surface area (Å²) in [6.07, 6.45) is 1.84. The van der Waals surface area contributed by atoms with Crippen LogP contribution in [0.25, 0.3) is 10.9 Å². The van der Waals surface area contributed by atoms with E-state index < -0.39 is 11.6 Å². The molecule has 0 aliphatic heterocycles. The van der Waals surface area contributed by atoms with Crippen LogP contribution in [0.5, 0.6) is 0 Å². The first kappa shape index (κ1) is 12.2. The van der Waals surface area contributed by atoms with E-state index in [1.807, 2.05) is 29.0 Å². The lowest BCUT2D eigenvalue weighted by atomic mass is 10.2. The molecule has 4 heteroatoms. The fourth-order valence-corrected chi connectivity index (χ4v) is 2.31. The average molecular weight is 278 g/mol. The molecule has 0 N–H and O–H groups in total. The molecule has 0 spiro atoms. The van der Waals surface area contributed by atoms with Crippen LogP contribution in [0.4, 0.5) is 8.78 Å². The van der Waals surface area contributed by atoms with E-state index in [0.717, 1.165) is 23.0 Å². The molecule has 0 saturated heterocycles. The Morgan fingerprint density at radius 1 is 1.00 bits per heavy atom. The quantitative estimate of drug-likeness (QED) is 0.644. The van der Waals surface area contributed by atoms with Crippen LogP contribution < -0.4 is 0 Å². The van der Waals surface area contributed by atoms with Gasteiger partial charge in [0.25, 0.3) is 0 Å². The molecule has 1 heterocycles. The average Bonchev–Trinajstić information content (AvgIpc) is 2.77. The van der Waals surface area contributed by atoms with Gasteiger partial charge in [-0.3, -0.25) is 0 Å². The molecule has 19 heavy (non-hydrogen) atoms. The van der Waals surface area contributed by atoms with Crippen molar-refractivity contribution in [1.29, 1.82) is 0 Å². The maximum Gasteiger partial charge on any atom is 0.128 e. The predicted octanol–water partition coefficient (Wildman–Crippen LogP) is 4.62. The third-order valence-corrected chi connectivity index (χ3v) is 3.32. The second kappa shape index (κ2) is 4.67. The minimum atomic E-state index is -0.439. The Kier molecular flexibility index (Phi) is 2.99. The van der Waals surface area contributed by atoms with Gasteiger partial charge in [0.05, 0.1) is 6.54 Å². The van der Waals surface area contributed by atoms with Crippen LogP contribution in [0.15, 0.2) is 48.7 Å². The minimum absolute atomic E-state index is 0.271. The van der Waals surface area contributed by atoms with Crippen molar-refractivity contribution in [3.63, 3.8) is 0 Å². The van der Waals surface area contributed by atoms with Crippen molar-refractivity contribution in [2.75, 3.05) is 0 Å². The van der Waals surface area contributed by atoms with Crippen molar-refractivity contribution >= 4 is 22.5 Å². The smallest absolute Gasteiger partial charge is 0.128 e. The maximum atomic E-state index is 13.6.